The van der Waals surface area contributed by atoms with E-state index in [2.05, 4.69) is 35.8 Å². The van der Waals surface area contributed by atoms with Gasteiger partial charge in [-0.1, -0.05) is 6.07 Å². The fourth-order valence-corrected chi connectivity index (χ4v) is 2.51. The second kappa shape index (κ2) is 3.90. The Labute approximate surface area is 102 Å². The molecule has 0 saturated carbocycles. The molecule has 0 bridgehead atoms. The Bertz CT molecular complexity index is 506. The Morgan fingerprint density at radius 1 is 1.38 bits per heavy atom. The smallest absolute Gasteiger partial charge is 0.204 e. The zero-order valence-electron chi connectivity index (χ0n) is 8.65. The highest BCUT2D eigenvalue weighted by Gasteiger charge is 2.18. The SMILES string of the molecule is Brc1c(-c2ccccn2)nc2n1CCCN2. The molecule has 0 aliphatic carbocycles. The molecule has 0 spiro atoms. The number of hydrogen-bond donors (Lipinski definition) is 1. The van der Waals surface area contributed by atoms with Crippen LogP contribution in [0.3, 0.4) is 0 Å². The van der Waals surface area contributed by atoms with Gasteiger partial charge < -0.3 is 9.88 Å². The van der Waals surface area contributed by atoms with E-state index in [1.54, 1.807) is 6.20 Å². The number of anilines is 1. The van der Waals surface area contributed by atoms with Gasteiger partial charge in [0.15, 0.2) is 0 Å². The number of pyridine rings is 1. The summed E-state index contributed by atoms with van der Waals surface area (Å²) in [4.78, 5) is 8.88. The van der Waals surface area contributed by atoms with E-state index < -0.39 is 0 Å². The highest BCUT2D eigenvalue weighted by molar-refractivity contribution is 9.10. The van der Waals surface area contributed by atoms with E-state index in [0.29, 0.717) is 0 Å². The van der Waals surface area contributed by atoms with Gasteiger partial charge >= 0.3 is 0 Å². The van der Waals surface area contributed by atoms with Crippen molar-refractivity contribution < 1.29 is 0 Å². The van der Waals surface area contributed by atoms with Crippen LogP contribution in [0.2, 0.25) is 0 Å². The van der Waals surface area contributed by atoms with Crippen LogP contribution in [-0.2, 0) is 6.54 Å². The molecule has 16 heavy (non-hydrogen) atoms. The number of hydrogen-bond acceptors (Lipinski definition) is 3. The van der Waals surface area contributed by atoms with Gasteiger partial charge in [-0.15, -0.1) is 0 Å². The molecule has 1 aliphatic rings. The first-order valence-corrected chi connectivity index (χ1v) is 6.07. The number of nitrogens with one attached hydrogen (secondary N) is 1. The van der Waals surface area contributed by atoms with E-state index in [0.717, 1.165) is 41.4 Å². The van der Waals surface area contributed by atoms with Gasteiger partial charge in [0, 0.05) is 19.3 Å². The average Bonchev–Trinajstić information content (AvgIpc) is 2.69. The van der Waals surface area contributed by atoms with E-state index in [-0.39, 0.29) is 0 Å². The van der Waals surface area contributed by atoms with Crippen LogP contribution in [0.15, 0.2) is 29.0 Å². The van der Waals surface area contributed by atoms with Crippen LogP contribution in [0.5, 0.6) is 0 Å². The highest BCUT2D eigenvalue weighted by atomic mass is 79.9. The second-order valence-electron chi connectivity index (χ2n) is 3.72. The maximum Gasteiger partial charge on any atom is 0.204 e. The summed E-state index contributed by atoms with van der Waals surface area (Å²) in [5, 5.41) is 3.29. The lowest BCUT2D eigenvalue weighted by Gasteiger charge is -2.15. The molecule has 0 amide bonds. The minimum Gasteiger partial charge on any atom is -0.356 e. The molecule has 5 heteroatoms. The van der Waals surface area contributed by atoms with E-state index in [4.69, 9.17) is 0 Å². The number of aromatic nitrogens is 3. The molecule has 1 aliphatic heterocycles. The molecule has 1 N–H and O–H groups in total. The first kappa shape index (κ1) is 9.84. The second-order valence-corrected chi connectivity index (χ2v) is 4.47. The highest BCUT2D eigenvalue weighted by Crippen LogP contribution is 2.31. The summed E-state index contributed by atoms with van der Waals surface area (Å²) in [7, 11) is 0. The van der Waals surface area contributed by atoms with Crippen molar-refractivity contribution in [2.24, 2.45) is 0 Å². The summed E-state index contributed by atoms with van der Waals surface area (Å²) in [5.74, 6) is 0.929. The standard InChI is InChI=1S/C11H11BrN4/c12-10-9(8-4-1-2-5-13-8)15-11-14-6-3-7-16(10)11/h1-2,4-5H,3,6-7H2,(H,14,15). The van der Waals surface area contributed by atoms with Crippen molar-refractivity contribution in [1.29, 1.82) is 0 Å². The van der Waals surface area contributed by atoms with Crippen LogP contribution >= 0.6 is 15.9 Å². The lowest BCUT2D eigenvalue weighted by molar-refractivity contribution is 0.618. The maximum atomic E-state index is 4.56. The van der Waals surface area contributed by atoms with Gasteiger partial charge in [-0.05, 0) is 34.5 Å². The number of fused-ring (bicyclic) bond motifs is 1. The zero-order valence-corrected chi connectivity index (χ0v) is 10.2. The quantitative estimate of drug-likeness (QED) is 0.872. The summed E-state index contributed by atoms with van der Waals surface area (Å²) in [5.41, 5.74) is 1.81. The van der Waals surface area contributed by atoms with Gasteiger partial charge in [0.05, 0.1) is 5.69 Å². The van der Waals surface area contributed by atoms with Gasteiger partial charge in [0.25, 0.3) is 0 Å². The molecule has 2 aromatic heterocycles. The molecule has 2 aromatic rings. The summed E-state index contributed by atoms with van der Waals surface area (Å²) in [6.45, 7) is 1.99. The number of imidazole rings is 1. The van der Waals surface area contributed by atoms with Crippen LogP contribution in [0, 0.1) is 0 Å². The third kappa shape index (κ3) is 1.51. The number of rotatable bonds is 1. The lowest BCUT2D eigenvalue weighted by atomic mass is 10.3. The minimum atomic E-state index is 0.901. The Kier molecular flexibility index (Phi) is 2.40. The van der Waals surface area contributed by atoms with Gasteiger partial charge in [0.1, 0.15) is 10.3 Å². The molecule has 3 heterocycles. The lowest BCUT2D eigenvalue weighted by Crippen LogP contribution is -2.17. The first-order chi connectivity index (χ1) is 7.86. The Morgan fingerprint density at radius 3 is 3.06 bits per heavy atom. The number of halogens is 1. The Morgan fingerprint density at radius 2 is 2.31 bits per heavy atom. The van der Waals surface area contributed by atoms with Crippen molar-refractivity contribution in [1.82, 2.24) is 14.5 Å². The molecule has 0 radical (unpaired) electrons. The Hall–Kier alpha value is -1.36. The molecule has 0 fully saturated rings. The van der Waals surface area contributed by atoms with Crippen LogP contribution in [0.1, 0.15) is 6.42 Å². The fraction of sp³-hybridized carbons (Fsp3) is 0.273. The molecule has 82 valence electrons. The van der Waals surface area contributed by atoms with E-state index in [1.165, 1.54) is 0 Å². The zero-order chi connectivity index (χ0) is 11.0. The van der Waals surface area contributed by atoms with Crippen LogP contribution in [0.25, 0.3) is 11.4 Å². The van der Waals surface area contributed by atoms with Crippen LogP contribution < -0.4 is 5.32 Å². The van der Waals surface area contributed by atoms with Crippen molar-refractivity contribution in [2.75, 3.05) is 11.9 Å². The van der Waals surface area contributed by atoms with Crippen LogP contribution in [0.4, 0.5) is 5.95 Å². The van der Waals surface area contributed by atoms with Gasteiger partial charge in [-0.25, -0.2) is 4.98 Å². The third-order valence-corrected chi connectivity index (χ3v) is 3.46. The van der Waals surface area contributed by atoms with Crippen molar-refractivity contribution in [2.45, 2.75) is 13.0 Å². The first-order valence-electron chi connectivity index (χ1n) is 5.27. The predicted octanol–water partition coefficient (Wildman–Crippen LogP) is 2.52. The molecule has 0 saturated heterocycles. The van der Waals surface area contributed by atoms with E-state index in [9.17, 15) is 0 Å². The maximum absolute atomic E-state index is 4.56. The normalized spacial score (nSPS) is 14.3. The Balaban J connectivity index is 2.12. The average molecular weight is 279 g/mol. The summed E-state index contributed by atoms with van der Waals surface area (Å²) < 4.78 is 3.15. The van der Waals surface area contributed by atoms with Crippen molar-refractivity contribution in [3.8, 4) is 11.4 Å². The molecular formula is C11H11BrN4. The topological polar surface area (TPSA) is 42.7 Å². The van der Waals surface area contributed by atoms with Crippen molar-refractivity contribution in [3.63, 3.8) is 0 Å². The number of nitrogens with zero attached hydrogens (tertiary/aromatic N) is 3. The largest absolute Gasteiger partial charge is 0.356 e. The molecule has 0 unspecified atom stereocenters. The molecule has 0 atom stereocenters. The third-order valence-electron chi connectivity index (χ3n) is 2.65. The minimum absolute atomic E-state index is 0.901. The van der Waals surface area contributed by atoms with E-state index in [1.807, 2.05) is 18.2 Å². The van der Waals surface area contributed by atoms with E-state index >= 15 is 0 Å². The molecule has 3 rings (SSSR count). The monoisotopic (exact) mass is 278 g/mol. The van der Waals surface area contributed by atoms with Gasteiger partial charge in [-0.3, -0.25) is 4.98 Å². The summed E-state index contributed by atoms with van der Waals surface area (Å²) >= 11 is 3.59. The van der Waals surface area contributed by atoms with Gasteiger partial charge in [0.2, 0.25) is 5.95 Å². The van der Waals surface area contributed by atoms with Gasteiger partial charge in [-0.2, -0.15) is 0 Å². The summed E-state index contributed by atoms with van der Waals surface area (Å²) in [6, 6.07) is 5.85. The summed E-state index contributed by atoms with van der Waals surface area (Å²) in [6.07, 6.45) is 2.91. The van der Waals surface area contributed by atoms with Crippen LogP contribution in [-0.4, -0.2) is 21.1 Å². The molecular weight excluding hydrogens is 268 g/mol. The fourth-order valence-electron chi connectivity index (χ4n) is 1.88. The molecule has 0 aromatic carbocycles. The molecule has 4 nitrogen and oxygen atoms in total. The predicted molar refractivity (Wildman–Crippen MR) is 66.3 cm³/mol. The van der Waals surface area contributed by atoms with Crippen molar-refractivity contribution >= 4 is 21.9 Å². The van der Waals surface area contributed by atoms with Crippen molar-refractivity contribution in [3.05, 3.63) is 29.0 Å².